The van der Waals surface area contributed by atoms with Crippen molar-refractivity contribution in [3.05, 3.63) is 76.0 Å². The van der Waals surface area contributed by atoms with Gasteiger partial charge in [-0.05, 0) is 30.3 Å². The lowest BCUT2D eigenvalue weighted by molar-refractivity contribution is 0.504. The highest BCUT2D eigenvalue weighted by molar-refractivity contribution is 7.92. The molecule has 0 saturated carbocycles. The van der Waals surface area contributed by atoms with Crippen LogP contribution in [0.5, 0.6) is 0 Å². The summed E-state index contributed by atoms with van der Waals surface area (Å²) in [6.45, 7) is 0.228. The van der Waals surface area contributed by atoms with Crippen LogP contribution in [-0.4, -0.2) is 18.2 Å². The Morgan fingerprint density at radius 1 is 1.08 bits per heavy atom. The molecule has 0 amide bonds. The van der Waals surface area contributed by atoms with Crippen molar-refractivity contribution in [2.45, 2.75) is 11.4 Å². The average molecular weight is 418 g/mol. The molecule has 26 heavy (non-hydrogen) atoms. The second kappa shape index (κ2) is 7.22. The van der Waals surface area contributed by atoms with Crippen LogP contribution in [0.1, 0.15) is 5.56 Å². The van der Waals surface area contributed by atoms with Gasteiger partial charge in [0.15, 0.2) is 11.6 Å². The zero-order chi connectivity index (χ0) is 18.9. The number of rotatable bonds is 5. The van der Waals surface area contributed by atoms with E-state index in [1.807, 2.05) is 0 Å². The second-order valence-electron chi connectivity index (χ2n) is 5.31. The van der Waals surface area contributed by atoms with Crippen molar-refractivity contribution >= 4 is 38.9 Å². The third-order valence-corrected chi connectivity index (χ3v) is 5.56. The summed E-state index contributed by atoms with van der Waals surface area (Å²) in [5, 5.41) is 4.95. The molecule has 0 radical (unpaired) electrons. The van der Waals surface area contributed by atoms with Gasteiger partial charge in [0.25, 0.3) is 10.0 Å². The molecule has 0 fully saturated rings. The molecule has 0 aliphatic rings. The molecule has 0 spiro atoms. The van der Waals surface area contributed by atoms with Gasteiger partial charge in [0.2, 0.25) is 0 Å². The summed E-state index contributed by atoms with van der Waals surface area (Å²) in [6, 6.07) is 7.38. The summed E-state index contributed by atoms with van der Waals surface area (Å²) in [7, 11) is -4.09. The van der Waals surface area contributed by atoms with Gasteiger partial charge in [-0.2, -0.15) is 5.10 Å². The molecule has 3 aromatic rings. The third-order valence-electron chi connectivity index (χ3n) is 3.47. The standard InChI is InChI=1S/C16H11Cl2F2N3O2S/c17-13-2-1-3-14(18)12(13)9-23-8-10(7-21-23)22-26(24,25)11-4-5-15(19)16(20)6-11/h1-8,22H,9H2. The zero-order valence-corrected chi connectivity index (χ0v) is 15.3. The van der Waals surface area contributed by atoms with Crippen molar-refractivity contribution in [2.24, 2.45) is 0 Å². The highest BCUT2D eigenvalue weighted by Gasteiger charge is 2.18. The quantitative estimate of drug-likeness (QED) is 0.672. The molecule has 1 aromatic heterocycles. The molecular weight excluding hydrogens is 407 g/mol. The van der Waals surface area contributed by atoms with Crippen LogP contribution in [0.3, 0.4) is 0 Å². The maximum Gasteiger partial charge on any atom is 0.262 e. The molecule has 0 unspecified atom stereocenters. The van der Waals surface area contributed by atoms with E-state index in [4.69, 9.17) is 23.2 Å². The summed E-state index contributed by atoms with van der Waals surface area (Å²) in [5.74, 6) is -2.38. The highest BCUT2D eigenvalue weighted by Crippen LogP contribution is 2.25. The Labute approximate surface area is 158 Å². The molecule has 0 bridgehead atoms. The minimum absolute atomic E-state index is 0.151. The number of sulfonamides is 1. The number of nitrogens with one attached hydrogen (secondary N) is 1. The van der Waals surface area contributed by atoms with Gasteiger partial charge in [-0.25, -0.2) is 17.2 Å². The lowest BCUT2D eigenvalue weighted by Gasteiger charge is -2.07. The van der Waals surface area contributed by atoms with Crippen molar-refractivity contribution in [1.29, 1.82) is 0 Å². The number of aromatic nitrogens is 2. The van der Waals surface area contributed by atoms with E-state index in [9.17, 15) is 17.2 Å². The lowest BCUT2D eigenvalue weighted by Crippen LogP contribution is -2.13. The predicted octanol–water partition coefficient (Wildman–Crippen LogP) is 4.32. The topological polar surface area (TPSA) is 64.0 Å². The van der Waals surface area contributed by atoms with Crippen LogP contribution >= 0.6 is 23.2 Å². The maximum atomic E-state index is 13.3. The van der Waals surface area contributed by atoms with Gasteiger partial charge >= 0.3 is 0 Å². The normalized spacial score (nSPS) is 11.5. The van der Waals surface area contributed by atoms with E-state index in [0.29, 0.717) is 21.7 Å². The van der Waals surface area contributed by atoms with Crippen LogP contribution in [0.15, 0.2) is 53.7 Å². The van der Waals surface area contributed by atoms with Gasteiger partial charge in [-0.15, -0.1) is 0 Å². The van der Waals surface area contributed by atoms with E-state index in [-0.39, 0.29) is 12.2 Å². The van der Waals surface area contributed by atoms with E-state index in [2.05, 4.69) is 9.82 Å². The summed E-state index contributed by atoms with van der Waals surface area (Å²) in [5.41, 5.74) is 0.784. The monoisotopic (exact) mass is 417 g/mol. The van der Waals surface area contributed by atoms with Gasteiger partial charge in [0.05, 0.1) is 23.3 Å². The van der Waals surface area contributed by atoms with Crippen molar-refractivity contribution in [3.63, 3.8) is 0 Å². The van der Waals surface area contributed by atoms with Crippen LogP contribution in [-0.2, 0) is 16.6 Å². The first kappa shape index (κ1) is 18.6. The SMILES string of the molecule is O=S(=O)(Nc1cnn(Cc2c(Cl)cccc2Cl)c1)c1ccc(F)c(F)c1. The molecule has 3 rings (SSSR count). The Kier molecular flexibility index (Phi) is 5.17. The minimum Gasteiger partial charge on any atom is -0.276 e. The Bertz CT molecular complexity index is 1050. The molecule has 5 nitrogen and oxygen atoms in total. The Balaban J connectivity index is 1.80. The fraction of sp³-hybridized carbons (Fsp3) is 0.0625. The van der Waals surface area contributed by atoms with Gasteiger partial charge in [-0.3, -0.25) is 9.40 Å². The van der Waals surface area contributed by atoms with Gasteiger partial charge in [0, 0.05) is 21.8 Å². The smallest absolute Gasteiger partial charge is 0.262 e. The van der Waals surface area contributed by atoms with Crippen LogP contribution in [0.2, 0.25) is 10.0 Å². The molecule has 1 heterocycles. The van der Waals surface area contributed by atoms with Crippen molar-refractivity contribution in [1.82, 2.24) is 9.78 Å². The maximum absolute atomic E-state index is 13.3. The van der Waals surface area contributed by atoms with Crippen LogP contribution in [0.4, 0.5) is 14.5 Å². The molecule has 2 aromatic carbocycles. The van der Waals surface area contributed by atoms with Crippen LogP contribution in [0.25, 0.3) is 0 Å². The third kappa shape index (κ3) is 3.98. The first-order valence-electron chi connectivity index (χ1n) is 7.19. The van der Waals surface area contributed by atoms with E-state index in [0.717, 1.165) is 12.1 Å². The van der Waals surface area contributed by atoms with Gasteiger partial charge in [0.1, 0.15) is 0 Å². The Hall–Kier alpha value is -2.16. The zero-order valence-electron chi connectivity index (χ0n) is 13.0. The molecule has 136 valence electrons. The Morgan fingerprint density at radius 3 is 2.42 bits per heavy atom. The van der Waals surface area contributed by atoms with E-state index >= 15 is 0 Å². The number of nitrogens with zero attached hydrogens (tertiary/aromatic N) is 2. The van der Waals surface area contributed by atoms with Crippen molar-refractivity contribution < 1.29 is 17.2 Å². The lowest BCUT2D eigenvalue weighted by atomic mass is 10.2. The number of hydrogen-bond donors (Lipinski definition) is 1. The Morgan fingerprint density at radius 2 is 1.77 bits per heavy atom. The minimum atomic E-state index is -4.09. The van der Waals surface area contributed by atoms with Crippen LogP contribution in [0, 0.1) is 11.6 Å². The number of anilines is 1. The largest absolute Gasteiger partial charge is 0.276 e. The predicted molar refractivity (Wildman–Crippen MR) is 95.0 cm³/mol. The molecule has 0 atom stereocenters. The molecule has 0 aliphatic heterocycles. The molecule has 0 aliphatic carbocycles. The first-order chi connectivity index (χ1) is 12.3. The number of halogens is 4. The van der Waals surface area contributed by atoms with E-state index < -0.39 is 26.6 Å². The summed E-state index contributed by atoms with van der Waals surface area (Å²) >= 11 is 12.2. The number of hydrogen-bond acceptors (Lipinski definition) is 3. The summed E-state index contributed by atoms with van der Waals surface area (Å²) < 4.78 is 54.4. The van der Waals surface area contributed by atoms with E-state index in [1.54, 1.807) is 18.2 Å². The summed E-state index contributed by atoms with van der Waals surface area (Å²) in [4.78, 5) is -0.404. The molecule has 1 N–H and O–H groups in total. The molecule has 0 saturated heterocycles. The van der Waals surface area contributed by atoms with Gasteiger partial charge < -0.3 is 0 Å². The van der Waals surface area contributed by atoms with E-state index in [1.165, 1.54) is 17.1 Å². The highest BCUT2D eigenvalue weighted by atomic mass is 35.5. The second-order valence-corrected chi connectivity index (χ2v) is 7.81. The first-order valence-corrected chi connectivity index (χ1v) is 9.43. The number of benzene rings is 2. The molecular formula is C16H11Cl2F2N3O2S. The average Bonchev–Trinajstić information content (AvgIpc) is 3.00. The molecule has 10 heteroatoms. The van der Waals surface area contributed by atoms with Crippen molar-refractivity contribution in [2.75, 3.05) is 4.72 Å². The van der Waals surface area contributed by atoms with Crippen molar-refractivity contribution in [3.8, 4) is 0 Å². The fourth-order valence-electron chi connectivity index (χ4n) is 2.21. The summed E-state index contributed by atoms with van der Waals surface area (Å²) in [6.07, 6.45) is 2.71. The fourth-order valence-corrected chi connectivity index (χ4v) is 3.76. The van der Waals surface area contributed by atoms with Gasteiger partial charge in [-0.1, -0.05) is 29.3 Å². The van der Waals surface area contributed by atoms with Crippen LogP contribution < -0.4 is 4.72 Å².